The largest absolute Gasteiger partial charge is 0.391 e. The molecule has 5 rings (SSSR count). The molecule has 0 bridgehead atoms. The molecule has 3 N–H and O–H groups in total. The van der Waals surface area contributed by atoms with Gasteiger partial charge < -0.3 is 20.3 Å². The Bertz CT molecular complexity index is 981. The Morgan fingerprint density at radius 3 is 2.83 bits per heavy atom. The van der Waals surface area contributed by atoms with Gasteiger partial charge in [0.1, 0.15) is 11.5 Å². The van der Waals surface area contributed by atoms with Gasteiger partial charge in [0.15, 0.2) is 0 Å². The van der Waals surface area contributed by atoms with Crippen molar-refractivity contribution in [2.45, 2.75) is 12.0 Å². The van der Waals surface area contributed by atoms with Crippen molar-refractivity contribution >= 4 is 11.7 Å². The molecule has 1 aliphatic heterocycles. The molecule has 1 aromatic carbocycles. The highest BCUT2D eigenvalue weighted by atomic mass is 16.3. The summed E-state index contributed by atoms with van der Waals surface area (Å²) in [5.74, 6) is 0.882. The summed E-state index contributed by atoms with van der Waals surface area (Å²) in [4.78, 5) is 29.7. The first-order valence-corrected chi connectivity index (χ1v) is 9.70. The molecule has 2 aliphatic rings. The van der Waals surface area contributed by atoms with E-state index in [1.165, 1.54) is 18.1 Å². The van der Waals surface area contributed by atoms with E-state index in [2.05, 4.69) is 42.3 Å². The quantitative estimate of drug-likeness (QED) is 0.605. The number of nitrogens with zero attached hydrogens (tertiary/aromatic N) is 4. The van der Waals surface area contributed by atoms with E-state index in [4.69, 9.17) is 0 Å². The number of nitrogens with one attached hydrogen (secondary N) is 2. The molecular formula is C21H22N6O2. The van der Waals surface area contributed by atoms with Crippen LogP contribution in [0.4, 0.5) is 5.82 Å². The summed E-state index contributed by atoms with van der Waals surface area (Å²) in [7, 11) is 0. The Morgan fingerprint density at radius 2 is 2.10 bits per heavy atom. The minimum absolute atomic E-state index is 0.133. The zero-order chi connectivity index (χ0) is 19.8. The lowest BCUT2D eigenvalue weighted by molar-refractivity contribution is 0.0935. The van der Waals surface area contributed by atoms with Gasteiger partial charge in [0.25, 0.3) is 5.91 Å². The van der Waals surface area contributed by atoms with E-state index in [1.807, 2.05) is 18.2 Å². The molecule has 3 heterocycles. The van der Waals surface area contributed by atoms with Crippen molar-refractivity contribution < 1.29 is 9.90 Å². The summed E-state index contributed by atoms with van der Waals surface area (Å²) in [6, 6.07) is 10.2. The van der Waals surface area contributed by atoms with Crippen LogP contribution in [0, 0.1) is 11.3 Å². The topological polar surface area (TPSA) is 107 Å². The van der Waals surface area contributed by atoms with Crippen LogP contribution in [0.25, 0.3) is 0 Å². The third-order valence-electron chi connectivity index (χ3n) is 6.30. The summed E-state index contributed by atoms with van der Waals surface area (Å²) in [6.45, 7) is 1.67. The Labute approximate surface area is 168 Å². The van der Waals surface area contributed by atoms with E-state index >= 15 is 0 Å². The van der Waals surface area contributed by atoms with Crippen LogP contribution in [0.2, 0.25) is 0 Å². The molecule has 8 nitrogen and oxygen atoms in total. The van der Waals surface area contributed by atoms with Crippen molar-refractivity contribution in [2.24, 2.45) is 11.3 Å². The first kappa shape index (κ1) is 17.8. The minimum atomic E-state index is -0.510. The first-order chi connectivity index (χ1) is 14.2. The number of amides is 1. The van der Waals surface area contributed by atoms with E-state index < -0.39 is 6.10 Å². The van der Waals surface area contributed by atoms with Gasteiger partial charge in [-0.05, 0) is 17.4 Å². The predicted molar refractivity (Wildman–Crippen MR) is 106 cm³/mol. The zero-order valence-electron chi connectivity index (χ0n) is 15.8. The Morgan fingerprint density at radius 1 is 1.24 bits per heavy atom. The second kappa shape index (κ2) is 6.97. The molecule has 1 aliphatic carbocycles. The molecule has 4 atom stereocenters. The van der Waals surface area contributed by atoms with Crippen molar-refractivity contribution in [1.82, 2.24) is 25.3 Å². The van der Waals surface area contributed by atoms with Crippen LogP contribution in [-0.4, -0.2) is 56.7 Å². The summed E-state index contributed by atoms with van der Waals surface area (Å²) >= 11 is 0. The summed E-state index contributed by atoms with van der Waals surface area (Å²) in [5, 5.41) is 14.1. The van der Waals surface area contributed by atoms with E-state index in [0.717, 1.165) is 5.82 Å². The van der Waals surface area contributed by atoms with Crippen LogP contribution in [0.5, 0.6) is 0 Å². The summed E-state index contributed by atoms with van der Waals surface area (Å²) in [5.41, 5.74) is 1.30. The van der Waals surface area contributed by atoms with Gasteiger partial charge in [0, 0.05) is 37.4 Å². The lowest BCUT2D eigenvalue weighted by Crippen LogP contribution is -2.30. The standard InChI is InChI=1S/C21H22N6O2/c28-17-11-27(18-10-22-6-7-24-18)12-21(17)15(19(21)14-4-2-1-3-5-14)8-25-20(29)16-9-23-13-26-16/h1-7,9-10,13,15,17,19,28H,8,11-12H2,(H,23,26)(H,25,29)/t15-,17-,19-,21-/m1/s1. The van der Waals surface area contributed by atoms with Crippen molar-refractivity contribution in [1.29, 1.82) is 0 Å². The number of aromatic nitrogens is 4. The molecule has 3 aromatic rings. The fourth-order valence-electron chi connectivity index (χ4n) is 4.91. The molecule has 2 aromatic heterocycles. The van der Waals surface area contributed by atoms with E-state index in [-0.39, 0.29) is 23.2 Å². The van der Waals surface area contributed by atoms with Crippen molar-refractivity contribution in [2.75, 3.05) is 24.5 Å². The van der Waals surface area contributed by atoms with Gasteiger partial charge in [-0.15, -0.1) is 0 Å². The van der Waals surface area contributed by atoms with E-state index in [9.17, 15) is 9.90 Å². The van der Waals surface area contributed by atoms with Crippen LogP contribution < -0.4 is 10.2 Å². The maximum absolute atomic E-state index is 12.4. The number of anilines is 1. The fraction of sp³-hybridized carbons (Fsp3) is 0.333. The number of imidazole rings is 1. The van der Waals surface area contributed by atoms with Gasteiger partial charge in [-0.25, -0.2) is 9.97 Å². The van der Waals surface area contributed by atoms with Gasteiger partial charge >= 0.3 is 0 Å². The molecule has 1 amide bonds. The molecule has 1 saturated carbocycles. The maximum Gasteiger partial charge on any atom is 0.269 e. The van der Waals surface area contributed by atoms with Crippen LogP contribution in [-0.2, 0) is 0 Å². The number of aliphatic hydroxyl groups excluding tert-OH is 1. The highest BCUT2D eigenvalue weighted by Gasteiger charge is 2.71. The van der Waals surface area contributed by atoms with Crippen LogP contribution in [0.3, 0.4) is 0 Å². The number of hydrogen-bond acceptors (Lipinski definition) is 6. The van der Waals surface area contributed by atoms with Crippen molar-refractivity contribution in [3.63, 3.8) is 0 Å². The van der Waals surface area contributed by atoms with Crippen LogP contribution in [0.15, 0.2) is 61.4 Å². The predicted octanol–water partition coefficient (Wildman–Crippen LogP) is 1.21. The van der Waals surface area contributed by atoms with Gasteiger partial charge in [-0.2, -0.15) is 0 Å². The molecule has 1 saturated heterocycles. The highest BCUT2D eigenvalue weighted by Crippen LogP contribution is 2.68. The number of β-amino-alcohol motifs (C(OH)–C–C–N with tert-alkyl or cyclic N) is 1. The molecular weight excluding hydrogens is 368 g/mol. The lowest BCUT2D eigenvalue weighted by Gasteiger charge is -2.17. The third kappa shape index (κ3) is 2.96. The summed E-state index contributed by atoms with van der Waals surface area (Å²) in [6.07, 6.45) is 7.51. The molecule has 2 fully saturated rings. The number of carbonyl (C=O) groups is 1. The summed E-state index contributed by atoms with van der Waals surface area (Å²) < 4.78 is 0. The smallest absolute Gasteiger partial charge is 0.269 e. The average molecular weight is 390 g/mol. The van der Waals surface area contributed by atoms with Crippen molar-refractivity contribution in [3.8, 4) is 0 Å². The Kier molecular flexibility index (Phi) is 4.28. The number of carbonyl (C=O) groups excluding carboxylic acids is 1. The van der Waals surface area contributed by atoms with Crippen LogP contribution >= 0.6 is 0 Å². The zero-order valence-corrected chi connectivity index (χ0v) is 15.8. The molecule has 1 spiro atoms. The van der Waals surface area contributed by atoms with Gasteiger partial charge in [0.2, 0.25) is 0 Å². The van der Waals surface area contributed by atoms with E-state index in [0.29, 0.717) is 25.3 Å². The number of benzene rings is 1. The number of aromatic amines is 1. The third-order valence-corrected chi connectivity index (χ3v) is 6.30. The molecule has 148 valence electrons. The number of hydrogen-bond donors (Lipinski definition) is 3. The SMILES string of the molecule is O=C(NC[C@@H]1[C@@H](c2ccccc2)[C@]12CN(c1cnccn1)C[C@H]2O)c1cnc[nH]1. The molecule has 0 unspecified atom stereocenters. The average Bonchev–Trinajstić information content (AvgIpc) is 3.07. The normalized spacial score (nSPS) is 27.9. The lowest BCUT2D eigenvalue weighted by atomic mass is 9.95. The molecule has 0 radical (unpaired) electrons. The van der Waals surface area contributed by atoms with Gasteiger partial charge in [-0.1, -0.05) is 30.3 Å². The number of aliphatic hydroxyl groups is 1. The first-order valence-electron chi connectivity index (χ1n) is 9.70. The Hall–Kier alpha value is -3.26. The van der Waals surface area contributed by atoms with Gasteiger partial charge in [-0.3, -0.25) is 9.78 Å². The molecule has 8 heteroatoms. The monoisotopic (exact) mass is 390 g/mol. The highest BCUT2D eigenvalue weighted by molar-refractivity contribution is 5.92. The second-order valence-electron chi connectivity index (χ2n) is 7.74. The molecule has 29 heavy (non-hydrogen) atoms. The second-order valence-corrected chi connectivity index (χ2v) is 7.74. The minimum Gasteiger partial charge on any atom is -0.391 e. The number of H-pyrrole nitrogens is 1. The van der Waals surface area contributed by atoms with Crippen molar-refractivity contribution in [3.05, 3.63) is 72.7 Å². The Balaban J connectivity index is 1.39. The number of rotatable bonds is 5. The maximum atomic E-state index is 12.4. The van der Waals surface area contributed by atoms with Crippen LogP contribution in [0.1, 0.15) is 22.0 Å². The fourth-order valence-corrected chi connectivity index (χ4v) is 4.91. The van der Waals surface area contributed by atoms with Gasteiger partial charge in [0.05, 0.1) is 24.8 Å². The van der Waals surface area contributed by atoms with E-state index in [1.54, 1.807) is 18.6 Å².